The number of pyridine rings is 1. The molecule has 1 aliphatic heterocycles. The smallest absolute Gasteiger partial charge is 0.148 e. The number of hydrogen-bond donors (Lipinski definition) is 1. The van der Waals surface area contributed by atoms with Gasteiger partial charge in [-0.1, -0.05) is 30.3 Å². The maximum atomic E-state index is 5.97. The topological polar surface area (TPSA) is 59.9 Å². The van der Waals surface area contributed by atoms with Gasteiger partial charge in [-0.25, -0.2) is 15.0 Å². The Morgan fingerprint density at radius 1 is 1.18 bits per heavy atom. The van der Waals surface area contributed by atoms with Gasteiger partial charge in [-0.3, -0.25) is 0 Å². The molecule has 0 fully saturated rings. The summed E-state index contributed by atoms with van der Waals surface area (Å²) >= 11 is 1.66. The maximum absolute atomic E-state index is 5.97. The van der Waals surface area contributed by atoms with E-state index in [9.17, 15) is 0 Å². The standard InChI is InChI=1S/C22H22N4OS/c1-13(14-7-5-4-6-8-14)25-20-19-18(23-12-24-20)16-9-15-11-27-22(2,3)10-17(15)26-21(16)28-19/h4-9,12-13H,10-11H2,1-3H3,(H,23,24,25)/t13-/m0/s1. The molecule has 6 heteroatoms. The molecular formula is C22H22N4OS. The van der Waals surface area contributed by atoms with Crippen molar-refractivity contribution in [3.8, 4) is 0 Å². The van der Waals surface area contributed by atoms with Crippen LogP contribution in [0.1, 0.15) is 43.6 Å². The summed E-state index contributed by atoms with van der Waals surface area (Å²) in [7, 11) is 0. The number of benzene rings is 1. The molecule has 4 aromatic rings. The summed E-state index contributed by atoms with van der Waals surface area (Å²) in [6.45, 7) is 6.98. The summed E-state index contributed by atoms with van der Waals surface area (Å²) < 4.78 is 7.02. The third kappa shape index (κ3) is 3.02. The molecule has 0 unspecified atom stereocenters. The van der Waals surface area contributed by atoms with E-state index in [1.165, 1.54) is 5.56 Å². The fraction of sp³-hybridized carbons (Fsp3) is 0.318. The fourth-order valence-corrected chi connectivity index (χ4v) is 4.80. The SMILES string of the molecule is C[C@H](Nc1ncnc2c1sc1nc3c(cc12)COC(C)(C)C3)c1ccccc1. The highest BCUT2D eigenvalue weighted by Gasteiger charge is 2.28. The Morgan fingerprint density at radius 3 is 2.82 bits per heavy atom. The van der Waals surface area contributed by atoms with Gasteiger partial charge >= 0.3 is 0 Å². The van der Waals surface area contributed by atoms with E-state index in [4.69, 9.17) is 9.72 Å². The van der Waals surface area contributed by atoms with Gasteiger partial charge in [-0.2, -0.15) is 0 Å². The minimum atomic E-state index is -0.165. The first-order valence-electron chi connectivity index (χ1n) is 9.52. The first-order chi connectivity index (χ1) is 13.5. The van der Waals surface area contributed by atoms with Crippen molar-refractivity contribution in [3.05, 3.63) is 59.5 Å². The van der Waals surface area contributed by atoms with Crippen LogP contribution in [0.5, 0.6) is 0 Å². The van der Waals surface area contributed by atoms with Crippen LogP contribution < -0.4 is 5.32 Å². The van der Waals surface area contributed by atoms with E-state index in [0.29, 0.717) is 6.61 Å². The molecule has 1 aliphatic rings. The van der Waals surface area contributed by atoms with Crippen LogP contribution in [-0.2, 0) is 17.8 Å². The molecule has 5 nitrogen and oxygen atoms in total. The second-order valence-corrected chi connectivity index (χ2v) is 8.95. The van der Waals surface area contributed by atoms with Crippen LogP contribution in [0.2, 0.25) is 0 Å². The molecule has 0 radical (unpaired) electrons. The molecule has 0 spiro atoms. The van der Waals surface area contributed by atoms with Crippen molar-refractivity contribution in [2.24, 2.45) is 0 Å². The average Bonchev–Trinajstić information content (AvgIpc) is 3.05. The lowest BCUT2D eigenvalue weighted by atomic mass is 9.95. The van der Waals surface area contributed by atoms with E-state index >= 15 is 0 Å². The summed E-state index contributed by atoms with van der Waals surface area (Å²) in [6, 6.07) is 12.7. The first-order valence-corrected chi connectivity index (χ1v) is 10.3. The second kappa shape index (κ2) is 6.50. The molecule has 142 valence electrons. The first kappa shape index (κ1) is 17.5. The normalized spacial score (nSPS) is 16.8. The highest BCUT2D eigenvalue weighted by molar-refractivity contribution is 7.25. The van der Waals surface area contributed by atoms with Gasteiger partial charge < -0.3 is 10.1 Å². The van der Waals surface area contributed by atoms with Crippen molar-refractivity contribution >= 4 is 37.6 Å². The highest BCUT2D eigenvalue weighted by atomic mass is 32.1. The predicted octanol–water partition coefficient (Wildman–Crippen LogP) is 5.26. The van der Waals surface area contributed by atoms with Crippen molar-refractivity contribution in [3.63, 3.8) is 0 Å². The van der Waals surface area contributed by atoms with E-state index in [1.807, 2.05) is 6.07 Å². The van der Waals surface area contributed by atoms with E-state index in [0.717, 1.165) is 43.9 Å². The molecule has 0 bridgehead atoms. The molecule has 5 rings (SSSR count). The maximum Gasteiger partial charge on any atom is 0.148 e. The average molecular weight is 391 g/mol. The van der Waals surface area contributed by atoms with Crippen LogP contribution in [0.4, 0.5) is 5.82 Å². The zero-order valence-corrected chi connectivity index (χ0v) is 17.0. The molecule has 4 heterocycles. The molecule has 0 amide bonds. The van der Waals surface area contributed by atoms with Crippen molar-refractivity contribution < 1.29 is 4.74 Å². The van der Waals surface area contributed by atoms with Gasteiger partial charge in [-0.15, -0.1) is 11.3 Å². The lowest BCUT2D eigenvalue weighted by Crippen LogP contribution is -2.32. The van der Waals surface area contributed by atoms with E-state index in [2.05, 4.69) is 66.4 Å². The summed E-state index contributed by atoms with van der Waals surface area (Å²) in [5, 5.41) is 4.63. The summed E-state index contributed by atoms with van der Waals surface area (Å²) in [6.07, 6.45) is 2.46. The van der Waals surface area contributed by atoms with Crippen LogP contribution in [0.15, 0.2) is 42.7 Å². The Labute approximate surface area is 167 Å². The van der Waals surface area contributed by atoms with Gasteiger partial charge in [0.1, 0.15) is 17.0 Å². The number of nitrogens with one attached hydrogen (secondary N) is 1. The second-order valence-electron chi connectivity index (χ2n) is 7.95. The zero-order valence-electron chi connectivity index (χ0n) is 16.2. The number of ether oxygens (including phenoxy) is 1. The summed E-state index contributed by atoms with van der Waals surface area (Å²) in [5.74, 6) is 0.860. The third-order valence-electron chi connectivity index (χ3n) is 5.28. The number of rotatable bonds is 3. The van der Waals surface area contributed by atoms with Gasteiger partial charge in [0.05, 0.1) is 28.1 Å². The molecule has 0 aliphatic carbocycles. The zero-order chi connectivity index (χ0) is 19.3. The lowest BCUT2D eigenvalue weighted by Gasteiger charge is -2.30. The van der Waals surface area contributed by atoms with Gasteiger partial charge in [0, 0.05) is 23.4 Å². The fourth-order valence-electron chi connectivity index (χ4n) is 3.72. The molecule has 3 aromatic heterocycles. The largest absolute Gasteiger partial charge is 0.370 e. The minimum Gasteiger partial charge on any atom is -0.370 e. The van der Waals surface area contributed by atoms with Crippen LogP contribution in [0.3, 0.4) is 0 Å². The Hall–Kier alpha value is -2.57. The van der Waals surface area contributed by atoms with Crippen LogP contribution in [0, 0.1) is 0 Å². The van der Waals surface area contributed by atoms with E-state index in [1.54, 1.807) is 17.7 Å². The number of nitrogens with zero attached hydrogens (tertiary/aromatic N) is 3. The minimum absolute atomic E-state index is 0.153. The van der Waals surface area contributed by atoms with Crippen molar-refractivity contribution in [1.82, 2.24) is 15.0 Å². The monoisotopic (exact) mass is 390 g/mol. The number of hydrogen-bond acceptors (Lipinski definition) is 6. The molecule has 1 atom stereocenters. The van der Waals surface area contributed by atoms with Gasteiger partial charge in [0.2, 0.25) is 0 Å². The van der Waals surface area contributed by atoms with Crippen LogP contribution in [0.25, 0.3) is 20.4 Å². The van der Waals surface area contributed by atoms with Crippen molar-refractivity contribution in [1.29, 1.82) is 0 Å². The molecule has 1 aromatic carbocycles. The van der Waals surface area contributed by atoms with Gasteiger partial charge in [0.25, 0.3) is 0 Å². The number of anilines is 1. The van der Waals surface area contributed by atoms with Crippen LogP contribution in [-0.4, -0.2) is 20.6 Å². The van der Waals surface area contributed by atoms with E-state index < -0.39 is 0 Å². The van der Waals surface area contributed by atoms with Crippen molar-refractivity contribution in [2.45, 2.75) is 45.4 Å². The lowest BCUT2D eigenvalue weighted by molar-refractivity contribution is -0.0411. The molecular weight excluding hydrogens is 368 g/mol. The molecule has 0 saturated carbocycles. The van der Waals surface area contributed by atoms with Crippen LogP contribution >= 0.6 is 11.3 Å². The number of aromatic nitrogens is 3. The molecule has 0 saturated heterocycles. The molecule has 28 heavy (non-hydrogen) atoms. The van der Waals surface area contributed by atoms with Gasteiger partial charge in [0.15, 0.2) is 0 Å². The Morgan fingerprint density at radius 2 is 2.00 bits per heavy atom. The summed E-state index contributed by atoms with van der Waals surface area (Å²) in [4.78, 5) is 15.1. The summed E-state index contributed by atoms with van der Waals surface area (Å²) in [5.41, 5.74) is 4.32. The predicted molar refractivity (Wildman–Crippen MR) is 114 cm³/mol. The third-order valence-corrected chi connectivity index (χ3v) is 6.37. The van der Waals surface area contributed by atoms with E-state index in [-0.39, 0.29) is 11.6 Å². The Balaban J connectivity index is 1.58. The number of thiophene rings is 1. The van der Waals surface area contributed by atoms with Crippen molar-refractivity contribution in [2.75, 3.05) is 5.32 Å². The molecule has 1 N–H and O–H groups in total. The Bertz CT molecular complexity index is 1170. The van der Waals surface area contributed by atoms with Gasteiger partial charge in [-0.05, 0) is 32.4 Å². The quantitative estimate of drug-likeness (QED) is 0.517. The Kier molecular flexibility index (Phi) is 4.07. The number of fused-ring (bicyclic) bond motifs is 4. The highest BCUT2D eigenvalue weighted by Crippen LogP contribution is 2.38.